The maximum atomic E-state index is 11.5. The molecule has 0 aliphatic rings. The molecule has 1 rings (SSSR count). The van der Waals surface area contributed by atoms with Gasteiger partial charge < -0.3 is 15.8 Å². The molecule has 17 heavy (non-hydrogen) atoms. The molecule has 0 fully saturated rings. The van der Waals surface area contributed by atoms with Gasteiger partial charge in [-0.1, -0.05) is 13.8 Å². The quantitative estimate of drug-likeness (QED) is 0.769. The standard InChI is InChI=1S/C13H20N2O2/c1-9(2)6-7-17-12-8-10(13(16)15-3)4-5-11(12)14/h4-5,8-9H,6-7,14H2,1-3H3,(H,15,16). The number of ether oxygens (including phenoxy) is 1. The van der Waals surface area contributed by atoms with Crippen LogP contribution in [0.25, 0.3) is 0 Å². The zero-order valence-electron chi connectivity index (χ0n) is 10.6. The zero-order chi connectivity index (χ0) is 12.8. The SMILES string of the molecule is CNC(=O)c1ccc(N)c(OCCC(C)C)c1. The van der Waals surface area contributed by atoms with E-state index in [4.69, 9.17) is 10.5 Å². The predicted octanol–water partition coefficient (Wildman–Crippen LogP) is 2.05. The third-order valence-electron chi connectivity index (χ3n) is 2.46. The van der Waals surface area contributed by atoms with Crippen LogP contribution in [0.4, 0.5) is 5.69 Å². The van der Waals surface area contributed by atoms with Crippen molar-refractivity contribution in [3.05, 3.63) is 23.8 Å². The number of anilines is 1. The molecule has 0 unspecified atom stereocenters. The third kappa shape index (κ3) is 3.98. The van der Waals surface area contributed by atoms with Gasteiger partial charge in [0, 0.05) is 12.6 Å². The summed E-state index contributed by atoms with van der Waals surface area (Å²) in [6, 6.07) is 5.05. The van der Waals surface area contributed by atoms with Crippen molar-refractivity contribution in [3.8, 4) is 5.75 Å². The number of amides is 1. The van der Waals surface area contributed by atoms with Crippen LogP contribution in [0.15, 0.2) is 18.2 Å². The molecule has 0 atom stereocenters. The molecule has 0 radical (unpaired) electrons. The van der Waals surface area contributed by atoms with E-state index in [1.165, 1.54) is 0 Å². The molecule has 0 saturated carbocycles. The van der Waals surface area contributed by atoms with Gasteiger partial charge >= 0.3 is 0 Å². The molecule has 0 bridgehead atoms. The molecule has 0 heterocycles. The van der Waals surface area contributed by atoms with E-state index in [1.54, 1.807) is 25.2 Å². The number of hydrogen-bond donors (Lipinski definition) is 2. The smallest absolute Gasteiger partial charge is 0.251 e. The van der Waals surface area contributed by atoms with Crippen LogP contribution in [-0.4, -0.2) is 19.6 Å². The first-order valence-electron chi connectivity index (χ1n) is 5.79. The Bertz CT molecular complexity index is 389. The molecule has 3 N–H and O–H groups in total. The Morgan fingerprint density at radius 3 is 2.76 bits per heavy atom. The summed E-state index contributed by atoms with van der Waals surface area (Å²) >= 11 is 0. The minimum absolute atomic E-state index is 0.140. The molecule has 1 amide bonds. The number of benzene rings is 1. The lowest BCUT2D eigenvalue weighted by molar-refractivity contribution is 0.0962. The second-order valence-electron chi connectivity index (χ2n) is 4.36. The van der Waals surface area contributed by atoms with Gasteiger partial charge in [-0.15, -0.1) is 0 Å². The molecule has 4 nitrogen and oxygen atoms in total. The number of carbonyl (C=O) groups excluding carboxylic acids is 1. The molecule has 4 heteroatoms. The summed E-state index contributed by atoms with van der Waals surface area (Å²) in [5, 5.41) is 2.57. The van der Waals surface area contributed by atoms with Crippen LogP contribution < -0.4 is 15.8 Å². The van der Waals surface area contributed by atoms with E-state index >= 15 is 0 Å². The van der Waals surface area contributed by atoms with Crippen LogP contribution in [-0.2, 0) is 0 Å². The first-order valence-corrected chi connectivity index (χ1v) is 5.79. The number of nitrogens with two attached hydrogens (primary N) is 1. The topological polar surface area (TPSA) is 64.4 Å². The molecule has 0 aliphatic carbocycles. The van der Waals surface area contributed by atoms with Crippen LogP contribution in [0.3, 0.4) is 0 Å². The lowest BCUT2D eigenvalue weighted by Gasteiger charge is -2.11. The number of nitrogens with one attached hydrogen (secondary N) is 1. The predicted molar refractivity (Wildman–Crippen MR) is 69.2 cm³/mol. The number of hydrogen-bond acceptors (Lipinski definition) is 3. The Balaban J connectivity index is 2.73. The summed E-state index contributed by atoms with van der Waals surface area (Å²) in [6.45, 7) is 4.88. The van der Waals surface area contributed by atoms with E-state index in [0.717, 1.165) is 6.42 Å². The van der Waals surface area contributed by atoms with E-state index in [0.29, 0.717) is 29.5 Å². The molecule has 1 aromatic carbocycles. The lowest BCUT2D eigenvalue weighted by Crippen LogP contribution is -2.18. The van der Waals surface area contributed by atoms with Gasteiger partial charge in [0.1, 0.15) is 5.75 Å². The van der Waals surface area contributed by atoms with Gasteiger partial charge in [0.25, 0.3) is 5.91 Å². The highest BCUT2D eigenvalue weighted by Crippen LogP contribution is 2.23. The number of nitrogen functional groups attached to an aromatic ring is 1. The van der Waals surface area contributed by atoms with Crippen molar-refractivity contribution in [2.24, 2.45) is 5.92 Å². The maximum Gasteiger partial charge on any atom is 0.251 e. The first-order chi connectivity index (χ1) is 8.04. The maximum absolute atomic E-state index is 11.5. The van der Waals surface area contributed by atoms with Crippen LogP contribution in [0.2, 0.25) is 0 Å². The van der Waals surface area contributed by atoms with E-state index in [2.05, 4.69) is 19.2 Å². The number of carbonyl (C=O) groups is 1. The minimum atomic E-state index is -0.140. The second-order valence-corrected chi connectivity index (χ2v) is 4.36. The second kappa shape index (κ2) is 6.13. The summed E-state index contributed by atoms with van der Waals surface area (Å²) in [7, 11) is 1.60. The summed E-state index contributed by atoms with van der Waals surface area (Å²) in [4.78, 5) is 11.5. The Kier molecular flexibility index (Phi) is 4.82. The van der Waals surface area contributed by atoms with Crippen molar-refractivity contribution in [2.45, 2.75) is 20.3 Å². The van der Waals surface area contributed by atoms with Crippen molar-refractivity contribution in [1.82, 2.24) is 5.32 Å². The summed E-state index contributed by atoms with van der Waals surface area (Å²) in [5.74, 6) is 1.02. The Hall–Kier alpha value is -1.71. The van der Waals surface area contributed by atoms with Gasteiger partial charge in [-0.25, -0.2) is 0 Å². The Labute approximate surface area is 102 Å². The van der Waals surface area contributed by atoms with Crippen LogP contribution in [0.5, 0.6) is 5.75 Å². The monoisotopic (exact) mass is 236 g/mol. The van der Waals surface area contributed by atoms with Gasteiger partial charge in [-0.3, -0.25) is 4.79 Å². The normalized spacial score (nSPS) is 10.4. The lowest BCUT2D eigenvalue weighted by atomic mass is 10.1. The van der Waals surface area contributed by atoms with Crippen molar-refractivity contribution < 1.29 is 9.53 Å². The highest BCUT2D eigenvalue weighted by atomic mass is 16.5. The Morgan fingerprint density at radius 2 is 2.18 bits per heavy atom. The zero-order valence-corrected chi connectivity index (χ0v) is 10.6. The molecule has 94 valence electrons. The van der Waals surface area contributed by atoms with Crippen molar-refractivity contribution >= 4 is 11.6 Å². The average Bonchev–Trinajstić information content (AvgIpc) is 2.30. The highest BCUT2D eigenvalue weighted by molar-refractivity contribution is 5.95. The van der Waals surface area contributed by atoms with Gasteiger partial charge in [0.2, 0.25) is 0 Å². The summed E-state index contributed by atoms with van der Waals surface area (Å²) in [5.41, 5.74) is 6.90. The van der Waals surface area contributed by atoms with E-state index in [-0.39, 0.29) is 5.91 Å². The van der Waals surface area contributed by atoms with Gasteiger partial charge in [0.15, 0.2) is 0 Å². The van der Waals surface area contributed by atoms with Crippen LogP contribution in [0.1, 0.15) is 30.6 Å². The highest BCUT2D eigenvalue weighted by Gasteiger charge is 2.07. The van der Waals surface area contributed by atoms with Crippen LogP contribution in [0, 0.1) is 5.92 Å². The molecule has 0 aromatic heterocycles. The fourth-order valence-electron chi connectivity index (χ4n) is 1.35. The number of rotatable bonds is 5. The molecular weight excluding hydrogens is 216 g/mol. The minimum Gasteiger partial charge on any atom is -0.491 e. The fourth-order valence-corrected chi connectivity index (χ4v) is 1.35. The van der Waals surface area contributed by atoms with Crippen molar-refractivity contribution in [2.75, 3.05) is 19.4 Å². The molecule has 0 aliphatic heterocycles. The largest absolute Gasteiger partial charge is 0.491 e. The van der Waals surface area contributed by atoms with Crippen molar-refractivity contribution in [1.29, 1.82) is 0 Å². The third-order valence-corrected chi connectivity index (χ3v) is 2.46. The summed E-state index contributed by atoms with van der Waals surface area (Å²) in [6.07, 6.45) is 0.962. The van der Waals surface area contributed by atoms with Gasteiger partial charge in [-0.05, 0) is 30.5 Å². The van der Waals surface area contributed by atoms with E-state index < -0.39 is 0 Å². The van der Waals surface area contributed by atoms with Gasteiger partial charge in [0.05, 0.1) is 12.3 Å². The molecule has 0 saturated heterocycles. The van der Waals surface area contributed by atoms with E-state index in [1.807, 2.05) is 0 Å². The van der Waals surface area contributed by atoms with Crippen molar-refractivity contribution in [3.63, 3.8) is 0 Å². The van der Waals surface area contributed by atoms with Gasteiger partial charge in [-0.2, -0.15) is 0 Å². The molecular formula is C13H20N2O2. The van der Waals surface area contributed by atoms with E-state index in [9.17, 15) is 4.79 Å². The molecule has 0 spiro atoms. The van der Waals surface area contributed by atoms with Crippen LogP contribution >= 0.6 is 0 Å². The Morgan fingerprint density at radius 1 is 1.47 bits per heavy atom. The average molecular weight is 236 g/mol. The first kappa shape index (κ1) is 13.4. The fraction of sp³-hybridized carbons (Fsp3) is 0.462. The summed E-state index contributed by atoms with van der Waals surface area (Å²) < 4.78 is 5.58. The molecule has 1 aromatic rings.